The van der Waals surface area contributed by atoms with Gasteiger partial charge in [0.15, 0.2) is 11.5 Å². The highest BCUT2D eigenvalue weighted by molar-refractivity contribution is 8.00. The fraction of sp³-hybridized carbons (Fsp3) is 0.222. The minimum absolute atomic E-state index is 0.144. The lowest BCUT2D eigenvalue weighted by Crippen LogP contribution is -2.44. The van der Waals surface area contributed by atoms with Gasteiger partial charge >= 0.3 is 0 Å². The topological polar surface area (TPSA) is 76.7 Å². The Labute approximate surface area is 149 Å². The number of aryl methyl sites for hydroxylation is 1. The number of amides is 2. The number of ether oxygens (including phenoxy) is 2. The molecule has 25 heavy (non-hydrogen) atoms. The first kappa shape index (κ1) is 17.2. The van der Waals surface area contributed by atoms with E-state index < -0.39 is 5.91 Å². The summed E-state index contributed by atoms with van der Waals surface area (Å²) in [4.78, 5) is 25.3. The van der Waals surface area contributed by atoms with E-state index in [0.717, 1.165) is 10.5 Å². The number of thioether (sulfide) groups is 1. The van der Waals surface area contributed by atoms with Crippen molar-refractivity contribution >= 4 is 23.6 Å². The molecule has 130 valence electrons. The van der Waals surface area contributed by atoms with Crippen molar-refractivity contribution < 1.29 is 19.1 Å². The van der Waals surface area contributed by atoms with E-state index in [2.05, 4.69) is 10.9 Å². The van der Waals surface area contributed by atoms with Gasteiger partial charge in [0.2, 0.25) is 6.79 Å². The molecule has 2 N–H and O–H groups in total. The average Bonchev–Trinajstić information content (AvgIpc) is 3.08. The van der Waals surface area contributed by atoms with Gasteiger partial charge in [-0.1, -0.05) is 17.7 Å². The van der Waals surface area contributed by atoms with Crippen LogP contribution in [-0.4, -0.2) is 23.9 Å². The molecule has 0 bridgehead atoms. The molecule has 1 heterocycles. The van der Waals surface area contributed by atoms with Crippen LogP contribution in [0.3, 0.4) is 0 Å². The number of carbonyl (C=O) groups is 2. The van der Waals surface area contributed by atoms with Crippen molar-refractivity contribution in [3.8, 4) is 11.5 Å². The predicted molar refractivity (Wildman–Crippen MR) is 94.7 cm³/mol. The molecule has 2 aromatic carbocycles. The van der Waals surface area contributed by atoms with Crippen LogP contribution in [0.5, 0.6) is 11.5 Å². The summed E-state index contributed by atoms with van der Waals surface area (Å²) in [5, 5.41) is -0.347. The average molecular weight is 358 g/mol. The Bertz CT molecular complexity index is 792. The number of fused-ring (bicyclic) bond motifs is 1. The van der Waals surface area contributed by atoms with E-state index in [0.29, 0.717) is 17.1 Å². The zero-order valence-corrected chi connectivity index (χ0v) is 14.7. The van der Waals surface area contributed by atoms with Crippen LogP contribution in [0.15, 0.2) is 47.4 Å². The SMILES string of the molecule is Cc1ccc(S[C@H](C)C(=O)NNC(=O)c2ccc3c(c2)OCO3)cc1. The van der Waals surface area contributed by atoms with E-state index in [1.807, 2.05) is 31.2 Å². The van der Waals surface area contributed by atoms with Gasteiger partial charge < -0.3 is 9.47 Å². The van der Waals surface area contributed by atoms with Crippen LogP contribution in [0.1, 0.15) is 22.8 Å². The molecule has 7 heteroatoms. The number of benzene rings is 2. The van der Waals surface area contributed by atoms with Gasteiger partial charge in [-0.25, -0.2) is 0 Å². The molecule has 0 unspecified atom stereocenters. The van der Waals surface area contributed by atoms with Crippen LogP contribution >= 0.6 is 11.8 Å². The fourth-order valence-corrected chi connectivity index (χ4v) is 3.07. The van der Waals surface area contributed by atoms with Crippen LogP contribution in [0.2, 0.25) is 0 Å². The summed E-state index contributed by atoms with van der Waals surface area (Å²) in [5.74, 6) is 0.421. The maximum Gasteiger partial charge on any atom is 0.269 e. The lowest BCUT2D eigenvalue weighted by atomic mass is 10.2. The normalized spacial score (nSPS) is 13.2. The second kappa shape index (κ2) is 7.48. The lowest BCUT2D eigenvalue weighted by molar-refractivity contribution is -0.121. The first-order valence-electron chi connectivity index (χ1n) is 7.76. The van der Waals surface area contributed by atoms with E-state index in [1.54, 1.807) is 25.1 Å². The number of nitrogens with one attached hydrogen (secondary N) is 2. The van der Waals surface area contributed by atoms with Crippen molar-refractivity contribution in [3.05, 3.63) is 53.6 Å². The molecule has 6 nitrogen and oxygen atoms in total. The molecule has 0 aliphatic carbocycles. The maximum atomic E-state index is 12.1. The van der Waals surface area contributed by atoms with Crippen molar-refractivity contribution in [1.82, 2.24) is 10.9 Å². The molecule has 0 spiro atoms. The minimum atomic E-state index is -0.417. The van der Waals surface area contributed by atoms with Gasteiger partial charge in [0.25, 0.3) is 11.8 Å². The zero-order valence-electron chi connectivity index (χ0n) is 13.9. The third kappa shape index (κ3) is 4.24. The molecule has 0 radical (unpaired) electrons. The molecule has 0 fully saturated rings. The van der Waals surface area contributed by atoms with Gasteiger partial charge in [0.1, 0.15) is 0 Å². The van der Waals surface area contributed by atoms with Gasteiger partial charge in [-0.2, -0.15) is 0 Å². The molecule has 1 aliphatic heterocycles. The number of rotatable bonds is 4. The van der Waals surface area contributed by atoms with Crippen LogP contribution in [0.4, 0.5) is 0 Å². The fourth-order valence-electron chi connectivity index (χ4n) is 2.20. The lowest BCUT2D eigenvalue weighted by Gasteiger charge is -2.13. The molecule has 0 saturated heterocycles. The number of hydrogen-bond donors (Lipinski definition) is 2. The molecule has 0 saturated carbocycles. The van der Waals surface area contributed by atoms with Crippen LogP contribution in [0, 0.1) is 6.92 Å². The highest BCUT2D eigenvalue weighted by atomic mass is 32.2. The second-order valence-corrected chi connectivity index (χ2v) is 7.00. The Kier molecular flexibility index (Phi) is 5.14. The predicted octanol–water partition coefficient (Wildman–Crippen LogP) is 2.67. The largest absolute Gasteiger partial charge is 0.454 e. The highest BCUT2D eigenvalue weighted by Gasteiger charge is 2.18. The third-order valence-corrected chi connectivity index (χ3v) is 4.75. The molecule has 2 amide bonds. The molecule has 1 aliphatic rings. The van der Waals surface area contributed by atoms with E-state index in [-0.39, 0.29) is 18.0 Å². The van der Waals surface area contributed by atoms with Crippen molar-refractivity contribution in [2.75, 3.05) is 6.79 Å². The van der Waals surface area contributed by atoms with Crippen LogP contribution in [0.25, 0.3) is 0 Å². The Morgan fingerprint density at radius 1 is 1.04 bits per heavy atom. The maximum absolute atomic E-state index is 12.1. The Morgan fingerprint density at radius 2 is 1.76 bits per heavy atom. The van der Waals surface area contributed by atoms with Crippen LogP contribution in [-0.2, 0) is 4.79 Å². The quantitative estimate of drug-likeness (QED) is 0.649. The summed E-state index contributed by atoms with van der Waals surface area (Å²) in [6.07, 6.45) is 0. The summed E-state index contributed by atoms with van der Waals surface area (Å²) in [7, 11) is 0. The monoisotopic (exact) mass is 358 g/mol. The molecule has 1 atom stereocenters. The number of carbonyl (C=O) groups excluding carboxylic acids is 2. The summed E-state index contributed by atoms with van der Waals surface area (Å²) in [6.45, 7) is 3.94. The molecule has 0 aromatic heterocycles. The Morgan fingerprint density at radius 3 is 2.52 bits per heavy atom. The van der Waals surface area contributed by atoms with E-state index >= 15 is 0 Å². The Hall–Kier alpha value is -2.67. The van der Waals surface area contributed by atoms with Crippen molar-refractivity contribution in [1.29, 1.82) is 0 Å². The smallest absolute Gasteiger partial charge is 0.269 e. The van der Waals surface area contributed by atoms with E-state index in [1.165, 1.54) is 11.8 Å². The van der Waals surface area contributed by atoms with Crippen molar-refractivity contribution in [2.24, 2.45) is 0 Å². The summed E-state index contributed by atoms with van der Waals surface area (Å²) in [5.41, 5.74) is 6.41. The number of hydrogen-bond acceptors (Lipinski definition) is 5. The van der Waals surface area contributed by atoms with Gasteiger partial charge in [0.05, 0.1) is 5.25 Å². The summed E-state index contributed by atoms with van der Waals surface area (Å²) < 4.78 is 10.4. The summed E-state index contributed by atoms with van der Waals surface area (Å²) in [6, 6.07) is 12.8. The van der Waals surface area contributed by atoms with Crippen molar-refractivity contribution in [2.45, 2.75) is 24.0 Å². The van der Waals surface area contributed by atoms with Crippen molar-refractivity contribution in [3.63, 3.8) is 0 Å². The second-order valence-electron chi connectivity index (χ2n) is 5.58. The molecular formula is C18H18N2O4S. The van der Waals surface area contributed by atoms with E-state index in [9.17, 15) is 9.59 Å². The summed E-state index contributed by atoms with van der Waals surface area (Å²) >= 11 is 1.42. The molecule has 3 rings (SSSR count). The van der Waals surface area contributed by atoms with Crippen LogP contribution < -0.4 is 20.3 Å². The minimum Gasteiger partial charge on any atom is -0.454 e. The number of hydrazine groups is 1. The van der Waals surface area contributed by atoms with Gasteiger partial charge in [-0.15, -0.1) is 11.8 Å². The van der Waals surface area contributed by atoms with Gasteiger partial charge in [-0.3, -0.25) is 20.4 Å². The first-order valence-corrected chi connectivity index (χ1v) is 8.64. The molecular weight excluding hydrogens is 340 g/mol. The zero-order chi connectivity index (χ0) is 17.8. The first-order chi connectivity index (χ1) is 12.0. The van der Waals surface area contributed by atoms with E-state index in [4.69, 9.17) is 9.47 Å². The van der Waals surface area contributed by atoms with Gasteiger partial charge in [-0.05, 0) is 44.2 Å². The standard InChI is InChI=1S/C18H18N2O4S/c1-11-3-6-14(7-4-11)25-12(2)17(21)19-20-18(22)13-5-8-15-16(9-13)24-10-23-15/h3-9,12H,10H2,1-2H3,(H,19,21)(H,20,22)/t12-/m1/s1. The third-order valence-electron chi connectivity index (χ3n) is 3.64. The Balaban J connectivity index is 1.52. The molecule has 2 aromatic rings. The van der Waals surface area contributed by atoms with Gasteiger partial charge in [0, 0.05) is 10.5 Å². The highest BCUT2D eigenvalue weighted by Crippen LogP contribution is 2.32.